The summed E-state index contributed by atoms with van der Waals surface area (Å²) >= 11 is 0. The molecule has 30 heavy (non-hydrogen) atoms. The van der Waals surface area contributed by atoms with Gasteiger partial charge in [-0.05, 0) is 50.3 Å². The molecule has 160 valence electrons. The van der Waals surface area contributed by atoms with Crippen molar-refractivity contribution >= 4 is 5.91 Å². The van der Waals surface area contributed by atoms with E-state index in [4.69, 9.17) is 0 Å². The van der Waals surface area contributed by atoms with E-state index < -0.39 is 0 Å². The highest BCUT2D eigenvalue weighted by molar-refractivity contribution is 5.79. The maximum atomic E-state index is 13.4. The van der Waals surface area contributed by atoms with Crippen molar-refractivity contribution in [2.45, 2.75) is 58.5 Å². The fourth-order valence-corrected chi connectivity index (χ4v) is 4.95. The molecular weight excluding hydrogens is 372 g/mol. The number of amides is 1. The van der Waals surface area contributed by atoms with Gasteiger partial charge in [-0.3, -0.25) is 9.69 Å². The van der Waals surface area contributed by atoms with Crippen LogP contribution in [0.25, 0.3) is 0 Å². The zero-order valence-corrected chi connectivity index (χ0v) is 18.2. The van der Waals surface area contributed by atoms with E-state index in [1.54, 1.807) is 0 Å². The molecule has 0 radical (unpaired) electrons. The van der Waals surface area contributed by atoms with Gasteiger partial charge in [-0.25, -0.2) is 9.97 Å². The van der Waals surface area contributed by atoms with Crippen molar-refractivity contribution in [1.29, 1.82) is 0 Å². The maximum absolute atomic E-state index is 13.4. The van der Waals surface area contributed by atoms with Crippen LogP contribution in [0.3, 0.4) is 0 Å². The van der Waals surface area contributed by atoms with Crippen LogP contribution < -0.4 is 0 Å². The predicted molar refractivity (Wildman–Crippen MR) is 119 cm³/mol. The second-order valence-corrected chi connectivity index (χ2v) is 8.82. The standard InChI is InChI=1S/C25H34N4O/c1-2-24-26-16-21(17-27-24)18-28-14-11-22(12-15-28)23-10-6-7-13-29(25(23)30)19-20-8-4-3-5-9-20/h3-5,8-9,16-17,22-23H,2,6-7,10-15,18-19H2,1H3. The number of piperidine rings is 1. The molecule has 2 aliphatic heterocycles. The summed E-state index contributed by atoms with van der Waals surface area (Å²) in [6.07, 6.45) is 10.4. The van der Waals surface area contributed by atoms with Crippen LogP contribution in [-0.2, 0) is 24.3 Å². The Hall–Kier alpha value is -2.27. The predicted octanol–water partition coefficient (Wildman–Crippen LogP) is 4.08. The highest BCUT2D eigenvalue weighted by atomic mass is 16.2. The fourth-order valence-electron chi connectivity index (χ4n) is 4.95. The Morgan fingerprint density at radius 1 is 0.900 bits per heavy atom. The Bertz CT molecular complexity index is 800. The highest BCUT2D eigenvalue weighted by Gasteiger charge is 2.35. The molecule has 5 heteroatoms. The summed E-state index contributed by atoms with van der Waals surface area (Å²) in [7, 11) is 0. The fraction of sp³-hybridized carbons (Fsp3) is 0.560. The number of carbonyl (C=O) groups is 1. The number of nitrogens with zero attached hydrogens (tertiary/aromatic N) is 4. The molecular formula is C25H34N4O. The van der Waals surface area contributed by atoms with Crippen LogP contribution in [0.1, 0.15) is 56.0 Å². The zero-order chi connectivity index (χ0) is 20.8. The van der Waals surface area contributed by atoms with E-state index >= 15 is 0 Å². The minimum Gasteiger partial charge on any atom is -0.338 e. The molecule has 0 spiro atoms. The summed E-state index contributed by atoms with van der Waals surface area (Å²) in [5.41, 5.74) is 2.42. The Morgan fingerprint density at radius 3 is 2.33 bits per heavy atom. The molecule has 1 atom stereocenters. The van der Waals surface area contributed by atoms with E-state index in [1.807, 2.05) is 18.5 Å². The van der Waals surface area contributed by atoms with Crippen LogP contribution >= 0.6 is 0 Å². The number of rotatable bonds is 6. The number of aryl methyl sites for hydroxylation is 1. The number of carbonyl (C=O) groups excluding carboxylic acids is 1. The largest absolute Gasteiger partial charge is 0.338 e. The van der Waals surface area contributed by atoms with Gasteiger partial charge in [-0.1, -0.05) is 43.7 Å². The van der Waals surface area contributed by atoms with Crippen molar-refractivity contribution in [3.63, 3.8) is 0 Å². The molecule has 2 aliphatic rings. The molecule has 1 aromatic heterocycles. The summed E-state index contributed by atoms with van der Waals surface area (Å²) in [6, 6.07) is 10.4. The molecule has 3 heterocycles. The molecule has 0 saturated carbocycles. The second-order valence-electron chi connectivity index (χ2n) is 8.82. The van der Waals surface area contributed by atoms with Gasteiger partial charge in [-0.15, -0.1) is 0 Å². The average molecular weight is 407 g/mol. The van der Waals surface area contributed by atoms with Crippen molar-refractivity contribution < 1.29 is 4.79 Å². The van der Waals surface area contributed by atoms with E-state index in [9.17, 15) is 4.79 Å². The summed E-state index contributed by atoms with van der Waals surface area (Å²) in [5, 5.41) is 0. The minimum atomic E-state index is 0.200. The second kappa shape index (κ2) is 10.2. The van der Waals surface area contributed by atoms with Gasteiger partial charge in [-0.2, -0.15) is 0 Å². The van der Waals surface area contributed by atoms with Gasteiger partial charge in [0.25, 0.3) is 0 Å². The van der Waals surface area contributed by atoms with Crippen molar-refractivity contribution in [2.75, 3.05) is 19.6 Å². The Morgan fingerprint density at radius 2 is 1.63 bits per heavy atom. The van der Waals surface area contributed by atoms with Gasteiger partial charge in [0.15, 0.2) is 0 Å². The van der Waals surface area contributed by atoms with E-state index in [0.29, 0.717) is 11.8 Å². The van der Waals surface area contributed by atoms with E-state index in [2.05, 4.69) is 51.0 Å². The smallest absolute Gasteiger partial charge is 0.226 e. The lowest BCUT2D eigenvalue weighted by molar-refractivity contribution is -0.138. The average Bonchev–Trinajstić information content (AvgIpc) is 2.97. The molecule has 1 aromatic carbocycles. The lowest BCUT2D eigenvalue weighted by Gasteiger charge is -2.36. The highest BCUT2D eigenvalue weighted by Crippen LogP contribution is 2.33. The first kappa shape index (κ1) is 21.0. The molecule has 0 N–H and O–H groups in total. The number of benzene rings is 1. The van der Waals surface area contributed by atoms with Crippen LogP contribution in [0.4, 0.5) is 0 Å². The summed E-state index contributed by atoms with van der Waals surface area (Å²) < 4.78 is 0. The first-order chi connectivity index (χ1) is 14.7. The molecule has 2 saturated heterocycles. The minimum absolute atomic E-state index is 0.200. The molecule has 2 aromatic rings. The lowest BCUT2D eigenvalue weighted by atomic mass is 9.81. The molecule has 0 bridgehead atoms. The Labute approximate surface area is 180 Å². The SMILES string of the molecule is CCc1ncc(CN2CCC(C3CCCCN(Cc4ccccc4)C3=O)CC2)cn1. The van der Waals surface area contributed by atoms with Crippen LogP contribution in [0, 0.1) is 11.8 Å². The van der Waals surface area contributed by atoms with Crippen molar-refractivity contribution in [3.8, 4) is 0 Å². The molecule has 5 nitrogen and oxygen atoms in total. The van der Waals surface area contributed by atoms with Crippen molar-refractivity contribution in [3.05, 3.63) is 59.7 Å². The van der Waals surface area contributed by atoms with Crippen LogP contribution in [0.15, 0.2) is 42.7 Å². The van der Waals surface area contributed by atoms with Gasteiger partial charge >= 0.3 is 0 Å². The number of hydrogen-bond donors (Lipinski definition) is 0. The molecule has 4 rings (SSSR count). The van der Waals surface area contributed by atoms with Gasteiger partial charge in [0, 0.05) is 49.9 Å². The third-order valence-electron chi connectivity index (χ3n) is 6.72. The number of aromatic nitrogens is 2. The van der Waals surface area contributed by atoms with Crippen LogP contribution in [-0.4, -0.2) is 45.3 Å². The normalized spacial score (nSPS) is 21.6. The van der Waals surface area contributed by atoms with Crippen molar-refractivity contribution in [1.82, 2.24) is 19.8 Å². The van der Waals surface area contributed by atoms with Gasteiger partial charge in [0.05, 0.1) is 0 Å². The summed E-state index contributed by atoms with van der Waals surface area (Å²) in [4.78, 5) is 26.8. The van der Waals surface area contributed by atoms with Crippen LogP contribution in [0.5, 0.6) is 0 Å². The topological polar surface area (TPSA) is 49.3 Å². The Balaban J connectivity index is 1.32. The monoisotopic (exact) mass is 406 g/mol. The number of likely N-dealkylation sites (tertiary alicyclic amines) is 2. The maximum Gasteiger partial charge on any atom is 0.226 e. The van der Waals surface area contributed by atoms with E-state index in [-0.39, 0.29) is 5.92 Å². The molecule has 0 aliphatic carbocycles. The van der Waals surface area contributed by atoms with Gasteiger partial charge in [0.1, 0.15) is 5.82 Å². The molecule has 2 fully saturated rings. The first-order valence-corrected chi connectivity index (χ1v) is 11.6. The van der Waals surface area contributed by atoms with Crippen molar-refractivity contribution in [2.24, 2.45) is 11.8 Å². The van der Waals surface area contributed by atoms with Crippen LogP contribution in [0.2, 0.25) is 0 Å². The third kappa shape index (κ3) is 5.25. The zero-order valence-electron chi connectivity index (χ0n) is 18.2. The number of hydrogen-bond acceptors (Lipinski definition) is 4. The van der Waals surface area contributed by atoms with Gasteiger partial charge < -0.3 is 4.90 Å². The first-order valence-electron chi connectivity index (χ1n) is 11.6. The summed E-state index contributed by atoms with van der Waals surface area (Å²) in [5.74, 6) is 2.01. The lowest BCUT2D eigenvalue weighted by Crippen LogP contribution is -2.42. The molecule has 1 unspecified atom stereocenters. The molecule has 1 amide bonds. The van der Waals surface area contributed by atoms with E-state index in [0.717, 1.165) is 70.7 Å². The third-order valence-corrected chi connectivity index (χ3v) is 6.72. The Kier molecular flexibility index (Phi) is 7.11. The quantitative estimate of drug-likeness (QED) is 0.725. The summed E-state index contributed by atoms with van der Waals surface area (Å²) in [6.45, 7) is 6.76. The van der Waals surface area contributed by atoms with E-state index in [1.165, 1.54) is 17.5 Å². The van der Waals surface area contributed by atoms with Gasteiger partial charge in [0.2, 0.25) is 5.91 Å².